The van der Waals surface area contributed by atoms with Crippen molar-refractivity contribution in [1.82, 2.24) is 0 Å². The zero-order valence-electron chi connectivity index (χ0n) is 30.8. The van der Waals surface area contributed by atoms with Crippen molar-refractivity contribution in [3.8, 4) is 29.3 Å². The van der Waals surface area contributed by atoms with Crippen LogP contribution in [0.5, 0.6) is 0 Å². The van der Waals surface area contributed by atoms with Gasteiger partial charge in [0.2, 0.25) is 0 Å². The van der Waals surface area contributed by atoms with E-state index in [1.54, 1.807) is 0 Å². The molecule has 0 nitrogen and oxygen atoms in total. The molecule has 0 aliphatic heterocycles. The van der Waals surface area contributed by atoms with Crippen molar-refractivity contribution in [2.75, 3.05) is 0 Å². The lowest BCUT2D eigenvalue weighted by Crippen LogP contribution is -1.87. The molecule has 8 aromatic rings. The maximum atomic E-state index is 2.47. The first-order valence-corrected chi connectivity index (χ1v) is 23.0. The normalized spacial score (nSPS) is 12.0. The molecule has 8 rings (SSSR count). The van der Waals surface area contributed by atoms with Crippen LogP contribution in [-0.4, -0.2) is 0 Å². The second-order valence-corrected chi connectivity index (χ2v) is 19.0. The molecule has 0 aliphatic carbocycles. The maximum Gasteiger partial charge on any atom is 0.0455 e. The number of unbranched alkanes of at least 4 members (excludes halogenated alkanes) is 10. The minimum Gasteiger partial charge on any atom is -0.134 e. The molecule has 0 atom stereocenters. The summed E-state index contributed by atoms with van der Waals surface area (Å²) in [5.74, 6) is 0. The molecule has 0 fully saturated rings. The van der Waals surface area contributed by atoms with Gasteiger partial charge in [-0.25, -0.2) is 0 Å². The average molecular weight is 755 g/mol. The van der Waals surface area contributed by atoms with Crippen LogP contribution in [0, 0.1) is 0 Å². The van der Waals surface area contributed by atoms with Crippen LogP contribution in [0.15, 0.2) is 97.1 Å². The molecule has 0 saturated heterocycles. The van der Waals surface area contributed by atoms with Crippen LogP contribution in [0.2, 0.25) is 0 Å². The summed E-state index contributed by atoms with van der Waals surface area (Å²) in [6.45, 7) is 4.59. The van der Waals surface area contributed by atoms with Crippen LogP contribution < -0.4 is 0 Å². The topological polar surface area (TPSA) is 0 Å². The van der Waals surface area contributed by atoms with Gasteiger partial charge in [-0.1, -0.05) is 127 Å². The molecule has 266 valence electrons. The molecule has 4 heterocycles. The van der Waals surface area contributed by atoms with Gasteiger partial charge in [-0.3, -0.25) is 0 Å². The molecule has 0 N–H and O–H groups in total. The first-order chi connectivity index (χ1) is 25.7. The van der Waals surface area contributed by atoms with Crippen molar-refractivity contribution >= 4 is 87.1 Å². The van der Waals surface area contributed by atoms with E-state index in [9.17, 15) is 0 Å². The Morgan fingerprint density at radius 2 is 0.712 bits per heavy atom. The molecular formula is C48H50S4. The molecule has 0 saturated carbocycles. The zero-order valence-corrected chi connectivity index (χ0v) is 34.0. The lowest BCUT2D eigenvalue weighted by Gasteiger charge is -2.05. The first-order valence-electron chi connectivity index (χ1n) is 19.8. The Balaban J connectivity index is 0.987. The average Bonchev–Trinajstić information content (AvgIpc) is 4.00. The number of fused-ring (bicyclic) bond motifs is 6. The van der Waals surface area contributed by atoms with Crippen LogP contribution in [0.25, 0.3) is 71.0 Å². The number of aryl methyl sites for hydroxylation is 2. The molecule has 0 aliphatic rings. The van der Waals surface area contributed by atoms with Crippen LogP contribution in [0.3, 0.4) is 0 Å². The standard InChI is InChI=1S/C48H50S4/c1-3-5-7-9-11-13-15-33-17-19-35-21-23-41-39(37(35)29-33)31-47(49-41)45-27-25-43(51-45)44-26-28-46(52-44)48-32-40-38-30-34(16-14-12-10-8-6-4-2)18-20-36(38)22-24-42(40)50-48/h17-32H,3-16H2,1-2H3. The van der Waals surface area contributed by atoms with E-state index in [0.717, 1.165) is 0 Å². The number of benzene rings is 4. The van der Waals surface area contributed by atoms with E-state index in [1.165, 1.54) is 172 Å². The molecule has 0 amide bonds. The summed E-state index contributed by atoms with van der Waals surface area (Å²) < 4.78 is 2.78. The summed E-state index contributed by atoms with van der Waals surface area (Å²) in [5, 5.41) is 8.33. The van der Waals surface area contributed by atoms with E-state index in [4.69, 9.17) is 0 Å². The highest BCUT2D eigenvalue weighted by molar-refractivity contribution is 7.30. The Kier molecular flexibility index (Phi) is 11.6. The molecule has 4 aromatic heterocycles. The van der Waals surface area contributed by atoms with Gasteiger partial charge in [0.25, 0.3) is 0 Å². The molecule has 4 aromatic carbocycles. The molecule has 0 spiro atoms. The molecule has 0 bridgehead atoms. The monoisotopic (exact) mass is 754 g/mol. The van der Waals surface area contributed by atoms with E-state index >= 15 is 0 Å². The number of rotatable bonds is 17. The fourth-order valence-corrected chi connectivity index (χ4v) is 12.2. The Bertz CT molecular complexity index is 2240. The summed E-state index contributed by atoms with van der Waals surface area (Å²) in [6, 6.07) is 37.8. The number of thiophene rings is 4. The predicted octanol–water partition coefficient (Wildman–Crippen LogP) is 17.4. The number of hydrogen-bond acceptors (Lipinski definition) is 4. The van der Waals surface area contributed by atoms with E-state index < -0.39 is 0 Å². The van der Waals surface area contributed by atoms with Gasteiger partial charge in [0, 0.05) is 49.4 Å². The lowest BCUT2D eigenvalue weighted by atomic mass is 10.00. The summed E-state index contributed by atoms with van der Waals surface area (Å²) in [6.07, 6.45) is 18.5. The summed E-state index contributed by atoms with van der Waals surface area (Å²) in [4.78, 5) is 8.22. The van der Waals surface area contributed by atoms with Crippen LogP contribution in [0.1, 0.15) is 102 Å². The van der Waals surface area contributed by atoms with Gasteiger partial charge in [0.05, 0.1) is 0 Å². The van der Waals surface area contributed by atoms with Crippen LogP contribution in [0.4, 0.5) is 0 Å². The van der Waals surface area contributed by atoms with E-state index in [-0.39, 0.29) is 0 Å². The van der Waals surface area contributed by atoms with Crippen molar-refractivity contribution < 1.29 is 0 Å². The fourth-order valence-electron chi connectivity index (χ4n) is 7.75. The Morgan fingerprint density at radius 3 is 1.15 bits per heavy atom. The Labute approximate surface area is 326 Å². The van der Waals surface area contributed by atoms with E-state index in [0.29, 0.717) is 0 Å². The SMILES string of the molecule is CCCCCCCCc1ccc2ccc3sc(-c4ccc(-c5ccc(-c6cc7c(ccc8ccc(CCCCCCCC)cc87)s6)s5)s4)cc3c2c1. The minimum atomic E-state index is 1.19. The van der Waals surface area contributed by atoms with Gasteiger partial charge in [0.15, 0.2) is 0 Å². The highest BCUT2D eigenvalue weighted by Gasteiger charge is 2.15. The largest absolute Gasteiger partial charge is 0.134 e. The Morgan fingerprint density at radius 1 is 0.327 bits per heavy atom. The summed E-state index contributed by atoms with van der Waals surface area (Å²) in [5.41, 5.74) is 2.96. The van der Waals surface area contributed by atoms with Gasteiger partial charge >= 0.3 is 0 Å². The van der Waals surface area contributed by atoms with Crippen molar-refractivity contribution in [3.05, 3.63) is 108 Å². The van der Waals surface area contributed by atoms with Crippen LogP contribution >= 0.6 is 45.3 Å². The molecular weight excluding hydrogens is 705 g/mol. The van der Waals surface area contributed by atoms with E-state index in [1.807, 2.05) is 45.3 Å². The summed E-state index contributed by atoms with van der Waals surface area (Å²) >= 11 is 7.75. The quantitative estimate of drug-likeness (QED) is 0.0812. The smallest absolute Gasteiger partial charge is 0.0455 e. The number of hydrogen-bond donors (Lipinski definition) is 0. The third-order valence-corrected chi connectivity index (χ3v) is 15.7. The molecule has 0 unspecified atom stereocenters. The predicted molar refractivity (Wildman–Crippen MR) is 238 cm³/mol. The third kappa shape index (κ3) is 7.97. The van der Waals surface area contributed by atoms with E-state index in [2.05, 4.69) is 111 Å². The first kappa shape index (κ1) is 35.7. The molecule has 52 heavy (non-hydrogen) atoms. The maximum absolute atomic E-state index is 2.47. The molecule has 4 heteroatoms. The fraction of sp³-hybridized carbons (Fsp3) is 0.333. The van der Waals surface area contributed by atoms with Gasteiger partial charge < -0.3 is 0 Å². The second kappa shape index (κ2) is 16.8. The summed E-state index contributed by atoms with van der Waals surface area (Å²) in [7, 11) is 0. The van der Waals surface area contributed by atoms with Crippen molar-refractivity contribution in [2.24, 2.45) is 0 Å². The van der Waals surface area contributed by atoms with Crippen molar-refractivity contribution in [1.29, 1.82) is 0 Å². The van der Waals surface area contributed by atoms with Gasteiger partial charge in [-0.2, -0.15) is 0 Å². The second-order valence-electron chi connectivity index (χ2n) is 14.7. The minimum absolute atomic E-state index is 1.19. The zero-order chi connectivity index (χ0) is 35.3. The highest BCUT2D eigenvalue weighted by Crippen LogP contribution is 2.46. The highest BCUT2D eigenvalue weighted by atomic mass is 32.1. The molecule has 0 radical (unpaired) electrons. The van der Waals surface area contributed by atoms with Gasteiger partial charge in [-0.05, 0) is 107 Å². The van der Waals surface area contributed by atoms with Gasteiger partial charge in [-0.15, -0.1) is 45.3 Å². The van der Waals surface area contributed by atoms with Crippen LogP contribution in [-0.2, 0) is 12.8 Å². The lowest BCUT2D eigenvalue weighted by molar-refractivity contribution is 0.607. The van der Waals surface area contributed by atoms with Crippen molar-refractivity contribution in [2.45, 2.75) is 104 Å². The van der Waals surface area contributed by atoms with Gasteiger partial charge in [0.1, 0.15) is 0 Å². The third-order valence-electron chi connectivity index (χ3n) is 10.7. The Hall–Kier alpha value is -3.28. The van der Waals surface area contributed by atoms with Crippen molar-refractivity contribution in [3.63, 3.8) is 0 Å².